The van der Waals surface area contributed by atoms with E-state index in [4.69, 9.17) is 28.9 Å². The first-order valence-corrected chi connectivity index (χ1v) is 5.77. The van der Waals surface area contributed by atoms with Crippen molar-refractivity contribution in [1.82, 2.24) is 9.97 Å². The second kappa shape index (κ2) is 5.38. The molecular weight excluding hydrogens is 294 g/mol. The first-order valence-electron chi connectivity index (χ1n) is 5.01. The molecule has 1 aromatic carbocycles. The SMILES string of the molecule is Nc1ccc(C(=O)Nc2ncnc(Cl)c2Cl)c(F)c1. The highest BCUT2D eigenvalue weighted by molar-refractivity contribution is 6.43. The number of carbonyl (C=O) groups excluding carboxylic acids is 1. The Hall–Kier alpha value is -1.92. The Balaban J connectivity index is 2.28. The molecule has 0 aliphatic heterocycles. The minimum absolute atomic E-state index is 0.00268. The largest absolute Gasteiger partial charge is 0.399 e. The number of hydrogen-bond acceptors (Lipinski definition) is 4. The van der Waals surface area contributed by atoms with E-state index >= 15 is 0 Å². The number of benzene rings is 1. The minimum Gasteiger partial charge on any atom is -0.399 e. The van der Waals surface area contributed by atoms with Crippen molar-refractivity contribution in [3.05, 3.63) is 46.1 Å². The van der Waals surface area contributed by atoms with Gasteiger partial charge in [0.05, 0.1) is 5.56 Å². The molecule has 1 aromatic heterocycles. The first-order chi connectivity index (χ1) is 8.99. The third kappa shape index (κ3) is 2.91. The average Bonchev–Trinajstić information content (AvgIpc) is 2.34. The second-order valence-corrected chi connectivity index (χ2v) is 4.26. The van der Waals surface area contributed by atoms with Crippen LogP contribution in [0.4, 0.5) is 15.9 Å². The Morgan fingerprint density at radius 1 is 1.32 bits per heavy atom. The van der Waals surface area contributed by atoms with Crippen LogP contribution in [0.15, 0.2) is 24.5 Å². The molecule has 0 aliphatic carbocycles. The van der Waals surface area contributed by atoms with E-state index in [1.54, 1.807) is 0 Å². The monoisotopic (exact) mass is 300 g/mol. The van der Waals surface area contributed by atoms with Crippen LogP contribution >= 0.6 is 23.2 Å². The van der Waals surface area contributed by atoms with Gasteiger partial charge in [0, 0.05) is 5.69 Å². The fraction of sp³-hybridized carbons (Fsp3) is 0. The van der Waals surface area contributed by atoms with Gasteiger partial charge in [0.25, 0.3) is 5.91 Å². The normalized spacial score (nSPS) is 10.3. The highest BCUT2D eigenvalue weighted by atomic mass is 35.5. The van der Waals surface area contributed by atoms with Gasteiger partial charge < -0.3 is 11.1 Å². The standard InChI is InChI=1S/C11H7Cl2FN4O/c12-8-9(13)16-4-17-10(8)18-11(19)6-2-1-5(15)3-7(6)14/h1-4H,15H2,(H,16,17,18,19). The zero-order chi connectivity index (χ0) is 14.0. The maximum Gasteiger partial charge on any atom is 0.259 e. The number of nitrogen functional groups attached to an aromatic ring is 1. The highest BCUT2D eigenvalue weighted by Gasteiger charge is 2.15. The summed E-state index contributed by atoms with van der Waals surface area (Å²) in [7, 11) is 0. The molecule has 98 valence electrons. The maximum absolute atomic E-state index is 13.6. The van der Waals surface area contributed by atoms with Gasteiger partial charge in [-0.3, -0.25) is 4.79 Å². The number of anilines is 2. The number of nitrogens with zero attached hydrogens (tertiary/aromatic N) is 2. The summed E-state index contributed by atoms with van der Waals surface area (Å²) < 4.78 is 13.6. The molecular formula is C11H7Cl2FN4O. The van der Waals surface area contributed by atoms with Gasteiger partial charge in [0.15, 0.2) is 11.0 Å². The Kier molecular flexibility index (Phi) is 3.82. The molecule has 0 saturated heterocycles. The van der Waals surface area contributed by atoms with Gasteiger partial charge in [-0.25, -0.2) is 14.4 Å². The number of nitrogens with one attached hydrogen (secondary N) is 1. The van der Waals surface area contributed by atoms with E-state index in [0.29, 0.717) is 0 Å². The summed E-state index contributed by atoms with van der Waals surface area (Å²) in [6.07, 6.45) is 1.13. The van der Waals surface area contributed by atoms with E-state index < -0.39 is 11.7 Å². The zero-order valence-electron chi connectivity index (χ0n) is 9.32. The molecule has 3 N–H and O–H groups in total. The summed E-state index contributed by atoms with van der Waals surface area (Å²) in [4.78, 5) is 19.2. The molecule has 0 saturated carbocycles. The van der Waals surface area contributed by atoms with Gasteiger partial charge >= 0.3 is 0 Å². The van der Waals surface area contributed by atoms with Gasteiger partial charge in [-0.05, 0) is 18.2 Å². The number of hydrogen-bond donors (Lipinski definition) is 2. The van der Waals surface area contributed by atoms with E-state index in [2.05, 4.69) is 15.3 Å². The molecule has 0 bridgehead atoms. The van der Waals surface area contributed by atoms with E-state index in [1.807, 2.05) is 0 Å². The molecule has 0 atom stereocenters. The predicted octanol–water partition coefficient (Wildman–Crippen LogP) is 2.76. The summed E-state index contributed by atoms with van der Waals surface area (Å²) in [5.41, 5.74) is 5.43. The van der Waals surface area contributed by atoms with Crippen LogP contribution in [0, 0.1) is 5.82 Å². The van der Waals surface area contributed by atoms with Gasteiger partial charge in [0.2, 0.25) is 0 Å². The lowest BCUT2D eigenvalue weighted by Gasteiger charge is -2.07. The molecule has 0 fully saturated rings. The average molecular weight is 301 g/mol. The Morgan fingerprint density at radius 3 is 2.74 bits per heavy atom. The number of carbonyl (C=O) groups is 1. The fourth-order valence-electron chi connectivity index (χ4n) is 1.33. The fourth-order valence-corrected chi connectivity index (χ4v) is 1.60. The number of halogens is 3. The van der Waals surface area contributed by atoms with Crippen LogP contribution in [0.2, 0.25) is 10.2 Å². The van der Waals surface area contributed by atoms with E-state index in [9.17, 15) is 9.18 Å². The number of amides is 1. The number of nitrogens with two attached hydrogens (primary N) is 1. The van der Waals surface area contributed by atoms with E-state index in [0.717, 1.165) is 12.4 Å². The van der Waals surface area contributed by atoms with Crippen LogP contribution in [0.1, 0.15) is 10.4 Å². The first kappa shape index (κ1) is 13.5. The van der Waals surface area contributed by atoms with Crippen molar-refractivity contribution in [3.63, 3.8) is 0 Å². The molecule has 5 nitrogen and oxygen atoms in total. The van der Waals surface area contributed by atoms with Gasteiger partial charge in [-0.2, -0.15) is 0 Å². The third-order valence-electron chi connectivity index (χ3n) is 2.22. The summed E-state index contributed by atoms with van der Waals surface area (Å²) in [5.74, 6) is -1.45. The summed E-state index contributed by atoms with van der Waals surface area (Å²) >= 11 is 11.5. The van der Waals surface area contributed by atoms with Crippen LogP contribution in [0.3, 0.4) is 0 Å². The molecule has 2 rings (SSSR count). The molecule has 0 unspecified atom stereocenters. The van der Waals surface area contributed by atoms with Gasteiger partial charge in [0.1, 0.15) is 17.2 Å². The second-order valence-electron chi connectivity index (χ2n) is 3.52. The lowest BCUT2D eigenvalue weighted by molar-refractivity contribution is 0.102. The molecule has 1 amide bonds. The van der Waals surface area contributed by atoms with E-state index in [-0.39, 0.29) is 27.2 Å². The van der Waals surface area contributed by atoms with Crippen molar-refractivity contribution in [2.45, 2.75) is 0 Å². The van der Waals surface area contributed by atoms with Crippen LogP contribution in [0.25, 0.3) is 0 Å². The van der Waals surface area contributed by atoms with Crippen LogP contribution in [0.5, 0.6) is 0 Å². The van der Waals surface area contributed by atoms with Gasteiger partial charge in [-0.1, -0.05) is 23.2 Å². The predicted molar refractivity (Wildman–Crippen MR) is 70.8 cm³/mol. The smallest absolute Gasteiger partial charge is 0.259 e. The van der Waals surface area contributed by atoms with Crippen molar-refractivity contribution in [2.24, 2.45) is 0 Å². The quantitative estimate of drug-likeness (QED) is 0.660. The molecule has 0 aliphatic rings. The van der Waals surface area contributed by atoms with Crippen LogP contribution in [-0.4, -0.2) is 15.9 Å². The van der Waals surface area contributed by atoms with Crippen molar-refractivity contribution < 1.29 is 9.18 Å². The van der Waals surface area contributed by atoms with Crippen molar-refractivity contribution in [2.75, 3.05) is 11.1 Å². The van der Waals surface area contributed by atoms with Gasteiger partial charge in [-0.15, -0.1) is 0 Å². The Labute approximate surface area is 117 Å². The van der Waals surface area contributed by atoms with Crippen LogP contribution < -0.4 is 11.1 Å². The van der Waals surface area contributed by atoms with Crippen molar-refractivity contribution in [3.8, 4) is 0 Å². The third-order valence-corrected chi connectivity index (χ3v) is 2.96. The van der Waals surface area contributed by atoms with Crippen molar-refractivity contribution in [1.29, 1.82) is 0 Å². The van der Waals surface area contributed by atoms with Crippen LogP contribution in [-0.2, 0) is 0 Å². The molecule has 19 heavy (non-hydrogen) atoms. The highest BCUT2D eigenvalue weighted by Crippen LogP contribution is 2.26. The number of aromatic nitrogens is 2. The van der Waals surface area contributed by atoms with Crippen molar-refractivity contribution >= 4 is 40.6 Å². The summed E-state index contributed by atoms with van der Waals surface area (Å²) in [6, 6.07) is 3.72. The Morgan fingerprint density at radius 2 is 2.05 bits per heavy atom. The lowest BCUT2D eigenvalue weighted by Crippen LogP contribution is -2.15. The minimum atomic E-state index is -0.742. The molecule has 8 heteroatoms. The molecule has 2 aromatic rings. The summed E-state index contributed by atoms with van der Waals surface area (Å²) in [6.45, 7) is 0. The molecule has 0 spiro atoms. The maximum atomic E-state index is 13.6. The topological polar surface area (TPSA) is 80.9 Å². The molecule has 1 heterocycles. The van der Waals surface area contributed by atoms with E-state index in [1.165, 1.54) is 12.1 Å². The Bertz CT molecular complexity index is 651. The summed E-state index contributed by atoms with van der Waals surface area (Å²) in [5, 5.41) is 2.31. The lowest BCUT2D eigenvalue weighted by atomic mass is 10.2. The zero-order valence-corrected chi connectivity index (χ0v) is 10.8. The number of rotatable bonds is 2. The molecule has 0 radical (unpaired) electrons.